The third-order valence-corrected chi connectivity index (χ3v) is 3.26. The van der Waals surface area contributed by atoms with E-state index in [0.29, 0.717) is 6.61 Å². The molecule has 2 aromatic rings. The summed E-state index contributed by atoms with van der Waals surface area (Å²) in [7, 11) is 0. The standard InChI is InChI=1S/C13H15BrN2O2/c1-2-18-13(17)6-11(15)10-7-16-12-4-3-8(14)5-9(10)12/h3-5,7,11,16H,2,6,15H2,1H3/t11-/m0/s1. The average molecular weight is 311 g/mol. The Bertz CT molecular complexity index is 565. The first-order valence-electron chi connectivity index (χ1n) is 5.79. The Kier molecular flexibility index (Phi) is 4.04. The Balaban J connectivity index is 2.24. The fourth-order valence-corrected chi connectivity index (χ4v) is 2.29. The first kappa shape index (κ1) is 13.1. The second-order valence-corrected chi connectivity index (χ2v) is 4.97. The molecule has 1 aromatic heterocycles. The number of benzene rings is 1. The molecule has 3 N–H and O–H groups in total. The molecule has 0 aliphatic rings. The summed E-state index contributed by atoms with van der Waals surface area (Å²) in [5.41, 5.74) is 7.99. The Labute approximate surface area is 114 Å². The van der Waals surface area contributed by atoms with Crippen molar-refractivity contribution in [3.8, 4) is 0 Å². The third kappa shape index (κ3) is 2.73. The van der Waals surface area contributed by atoms with Crippen molar-refractivity contribution in [2.75, 3.05) is 6.61 Å². The van der Waals surface area contributed by atoms with Crippen LogP contribution in [-0.4, -0.2) is 17.6 Å². The van der Waals surface area contributed by atoms with Gasteiger partial charge in [-0.3, -0.25) is 4.79 Å². The van der Waals surface area contributed by atoms with Crippen molar-refractivity contribution in [3.63, 3.8) is 0 Å². The van der Waals surface area contributed by atoms with Crippen LogP contribution < -0.4 is 5.73 Å². The number of fused-ring (bicyclic) bond motifs is 1. The van der Waals surface area contributed by atoms with Crippen LogP contribution in [0.5, 0.6) is 0 Å². The molecule has 1 aromatic carbocycles. The largest absolute Gasteiger partial charge is 0.466 e. The van der Waals surface area contributed by atoms with Gasteiger partial charge in [-0.25, -0.2) is 0 Å². The molecule has 1 heterocycles. The Morgan fingerprint density at radius 2 is 2.33 bits per heavy atom. The molecule has 0 fully saturated rings. The van der Waals surface area contributed by atoms with Gasteiger partial charge in [-0.2, -0.15) is 0 Å². The van der Waals surface area contributed by atoms with Crippen LogP contribution in [0.15, 0.2) is 28.9 Å². The number of halogens is 1. The number of carbonyl (C=O) groups is 1. The number of carbonyl (C=O) groups excluding carboxylic acids is 1. The van der Waals surface area contributed by atoms with E-state index in [9.17, 15) is 4.79 Å². The zero-order chi connectivity index (χ0) is 13.1. The average Bonchev–Trinajstić information content (AvgIpc) is 2.71. The maximum absolute atomic E-state index is 11.4. The number of hydrogen-bond donors (Lipinski definition) is 2. The smallest absolute Gasteiger partial charge is 0.307 e. The van der Waals surface area contributed by atoms with E-state index >= 15 is 0 Å². The fraction of sp³-hybridized carbons (Fsp3) is 0.308. The van der Waals surface area contributed by atoms with Crippen molar-refractivity contribution >= 4 is 32.8 Å². The predicted octanol–water partition coefficient (Wildman–Crippen LogP) is 2.88. The summed E-state index contributed by atoms with van der Waals surface area (Å²) < 4.78 is 5.89. The van der Waals surface area contributed by atoms with Gasteiger partial charge < -0.3 is 15.5 Å². The summed E-state index contributed by atoms with van der Waals surface area (Å²) in [6.45, 7) is 2.16. The molecule has 0 amide bonds. The molecule has 0 unspecified atom stereocenters. The van der Waals surface area contributed by atoms with Gasteiger partial charge in [0.05, 0.1) is 13.0 Å². The van der Waals surface area contributed by atoms with Crippen molar-refractivity contribution in [3.05, 3.63) is 34.4 Å². The van der Waals surface area contributed by atoms with Gasteiger partial charge in [0, 0.05) is 27.6 Å². The maximum Gasteiger partial charge on any atom is 0.307 e. The van der Waals surface area contributed by atoms with Crippen LogP contribution in [0.1, 0.15) is 24.9 Å². The van der Waals surface area contributed by atoms with Crippen molar-refractivity contribution < 1.29 is 9.53 Å². The lowest BCUT2D eigenvalue weighted by molar-refractivity contribution is -0.143. The predicted molar refractivity (Wildman–Crippen MR) is 74.2 cm³/mol. The van der Waals surface area contributed by atoms with Gasteiger partial charge in [0.15, 0.2) is 0 Å². The second-order valence-electron chi connectivity index (χ2n) is 4.05. The number of H-pyrrole nitrogens is 1. The van der Waals surface area contributed by atoms with Crippen molar-refractivity contribution in [1.29, 1.82) is 0 Å². The SMILES string of the molecule is CCOC(=O)C[C@H](N)c1c[nH]c2ccc(Br)cc12. The van der Waals surface area contributed by atoms with Crippen LogP contribution in [-0.2, 0) is 9.53 Å². The zero-order valence-corrected chi connectivity index (χ0v) is 11.7. The molecule has 96 valence electrons. The summed E-state index contributed by atoms with van der Waals surface area (Å²) >= 11 is 3.43. The van der Waals surface area contributed by atoms with Crippen LogP contribution in [0.3, 0.4) is 0 Å². The number of nitrogens with two attached hydrogens (primary N) is 1. The molecule has 0 spiro atoms. The summed E-state index contributed by atoms with van der Waals surface area (Å²) in [6.07, 6.45) is 2.04. The highest BCUT2D eigenvalue weighted by Gasteiger charge is 2.16. The highest BCUT2D eigenvalue weighted by Crippen LogP contribution is 2.27. The summed E-state index contributed by atoms with van der Waals surface area (Å²) in [4.78, 5) is 14.6. The van der Waals surface area contributed by atoms with Crippen LogP contribution in [0.25, 0.3) is 10.9 Å². The molecule has 5 heteroatoms. The molecule has 0 saturated carbocycles. The molecule has 0 aliphatic carbocycles. The van der Waals surface area contributed by atoms with E-state index in [1.165, 1.54) is 0 Å². The van der Waals surface area contributed by atoms with Gasteiger partial charge in [0.2, 0.25) is 0 Å². The lowest BCUT2D eigenvalue weighted by Crippen LogP contribution is -2.16. The summed E-state index contributed by atoms with van der Waals surface area (Å²) in [6, 6.07) is 5.57. The molecule has 0 bridgehead atoms. The molecular weight excluding hydrogens is 296 g/mol. The van der Waals surface area contributed by atoms with E-state index in [1.54, 1.807) is 6.92 Å². The quantitative estimate of drug-likeness (QED) is 0.853. The molecule has 0 saturated heterocycles. The van der Waals surface area contributed by atoms with E-state index in [1.807, 2.05) is 24.4 Å². The third-order valence-electron chi connectivity index (χ3n) is 2.77. The molecule has 4 nitrogen and oxygen atoms in total. The molecular formula is C13H15BrN2O2. The van der Waals surface area contributed by atoms with Crippen LogP contribution in [0.4, 0.5) is 0 Å². The number of rotatable bonds is 4. The van der Waals surface area contributed by atoms with Gasteiger partial charge in [-0.1, -0.05) is 15.9 Å². The van der Waals surface area contributed by atoms with Gasteiger partial charge >= 0.3 is 5.97 Å². The lowest BCUT2D eigenvalue weighted by atomic mass is 10.0. The van der Waals surface area contributed by atoms with Crippen molar-refractivity contribution in [2.24, 2.45) is 5.73 Å². The van der Waals surface area contributed by atoms with Crippen molar-refractivity contribution in [2.45, 2.75) is 19.4 Å². The summed E-state index contributed by atoms with van der Waals surface area (Å²) in [5, 5.41) is 1.03. The number of aromatic amines is 1. The fourth-order valence-electron chi connectivity index (χ4n) is 1.93. The van der Waals surface area contributed by atoms with Gasteiger partial charge in [0.1, 0.15) is 0 Å². The lowest BCUT2D eigenvalue weighted by Gasteiger charge is -2.10. The highest BCUT2D eigenvalue weighted by atomic mass is 79.9. The number of esters is 1. The number of hydrogen-bond acceptors (Lipinski definition) is 3. The minimum Gasteiger partial charge on any atom is -0.466 e. The first-order chi connectivity index (χ1) is 8.61. The van der Waals surface area contributed by atoms with E-state index in [-0.39, 0.29) is 18.4 Å². The first-order valence-corrected chi connectivity index (χ1v) is 6.59. The van der Waals surface area contributed by atoms with Crippen LogP contribution in [0.2, 0.25) is 0 Å². The van der Waals surface area contributed by atoms with E-state index in [2.05, 4.69) is 20.9 Å². The number of aromatic nitrogens is 1. The van der Waals surface area contributed by atoms with Gasteiger partial charge in [-0.05, 0) is 30.7 Å². The topological polar surface area (TPSA) is 68.1 Å². The van der Waals surface area contributed by atoms with E-state index < -0.39 is 0 Å². The molecule has 0 aliphatic heterocycles. The summed E-state index contributed by atoms with van der Waals surface area (Å²) in [5.74, 6) is -0.269. The van der Waals surface area contributed by atoms with Crippen LogP contribution >= 0.6 is 15.9 Å². The normalized spacial score (nSPS) is 12.6. The minimum absolute atomic E-state index is 0.188. The van der Waals surface area contributed by atoms with Crippen LogP contribution in [0, 0.1) is 0 Å². The monoisotopic (exact) mass is 310 g/mol. The minimum atomic E-state index is -0.355. The second kappa shape index (κ2) is 5.54. The maximum atomic E-state index is 11.4. The number of ether oxygens (including phenoxy) is 1. The van der Waals surface area contributed by atoms with Crippen molar-refractivity contribution in [1.82, 2.24) is 4.98 Å². The molecule has 1 atom stereocenters. The Morgan fingerprint density at radius 3 is 3.06 bits per heavy atom. The molecule has 0 radical (unpaired) electrons. The highest BCUT2D eigenvalue weighted by molar-refractivity contribution is 9.10. The van der Waals surface area contributed by atoms with Gasteiger partial charge in [-0.15, -0.1) is 0 Å². The Morgan fingerprint density at radius 1 is 1.56 bits per heavy atom. The van der Waals surface area contributed by atoms with E-state index in [4.69, 9.17) is 10.5 Å². The zero-order valence-electron chi connectivity index (χ0n) is 10.1. The molecule has 18 heavy (non-hydrogen) atoms. The number of nitrogens with one attached hydrogen (secondary N) is 1. The van der Waals surface area contributed by atoms with Gasteiger partial charge in [0.25, 0.3) is 0 Å². The Hall–Kier alpha value is -1.33. The van der Waals surface area contributed by atoms with E-state index in [0.717, 1.165) is 20.9 Å². The molecule has 2 rings (SSSR count).